The van der Waals surface area contributed by atoms with Gasteiger partial charge in [-0.1, -0.05) is 40.8 Å². The van der Waals surface area contributed by atoms with E-state index in [9.17, 15) is 50.4 Å². The van der Waals surface area contributed by atoms with E-state index in [1.165, 1.54) is 16.9 Å². The van der Waals surface area contributed by atoms with Gasteiger partial charge in [-0.05, 0) is 140 Å². The number of pyridine rings is 1. The molecule has 3 saturated heterocycles. The number of aliphatic hydroxyl groups is 3. The van der Waals surface area contributed by atoms with E-state index in [0.717, 1.165) is 101 Å². The van der Waals surface area contributed by atoms with Crippen LogP contribution in [0, 0.1) is 11.6 Å². The number of rotatable bonds is 15. The fourth-order valence-corrected chi connectivity index (χ4v) is 10.8. The molecule has 0 radical (unpaired) electrons. The lowest BCUT2D eigenvalue weighted by atomic mass is 9.79. The van der Waals surface area contributed by atoms with Crippen molar-refractivity contribution in [2.45, 2.75) is 81.5 Å². The summed E-state index contributed by atoms with van der Waals surface area (Å²) in [5.74, 6) is -6.57. The van der Waals surface area contributed by atoms with Gasteiger partial charge < -0.3 is 44.2 Å². The van der Waals surface area contributed by atoms with Crippen LogP contribution < -0.4 is 25.1 Å². The molecule has 0 amide bonds. The second kappa shape index (κ2) is 25.2. The zero-order valence-electron chi connectivity index (χ0n) is 49.7. The minimum absolute atomic E-state index is 0.376. The van der Waals surface area contributed by atoms with E-state index in [1.807, 2.05) is 76.2 Å². The van der Waals surface area contributed by atoms with Crippen LogP contribution in [0.3, 0.4) is 0 Å². The van der Waals surface area contributed by atoms with Gasteiger partial charge in [0.2, 0.25) is 0 Å². The Hall–Kier alpha value is -9.04. The summed E-state index contributed by atoms with van der Waals surface area (Å²) in [5.41, 5.74) is 0.351. The van der Waals surface area contributed by atoms with E-state index < -0.39 is 76.9 Å². The summed E-state index contributed by atoms with van der Waals surface area (Å²) in [6.45, 7) is 13.3. The lowest BCUT2D eigenvalue weighted by molar-refractivity contribution is -0.208. The summed E-state index contributed by atoms with van der Waals surface area (Å²) in [6, 6.07) is 34.5. The van der Waals surface area contributed by atoms with Crippen molar-refractivity contribution in [1.82, 2.24) is 55.2 Å². The number of nitrogens with zero attached hydrogens (tertiary/aromatic N) is 15. The third-order valence-corrected chi connectivity index (χ3v) is 16.8. The van der Waals surface area contributed by atoms with Crippen molar-refractivity contribution in [2.24, 2.45) is 0 Å². The standard InChI is InChI=1S/C35H29F7N10O2.C26H31BF3N5O3/c36-24-4-11-28(29(37)17-24)33(54,20-51-21-44-46-48-51)34(38,39)31-12-3-23(18-43-31)22-1-5-25(6-2-22)49-13-15-50(16-14-49)26-7-9-27(10-8-26)52-19-30(45-47-52)32(53)35(40,41)42;1-24(2)25(3,4)38-27(37-24)18-5-7-19(8-6-18)33-13-15-34(16-14-33)20-9-11-21(12-10-20)35-17-22(31-32-35)23(36)26(28,29)30/h1-12,17-19,21,32,53-54H,13-16,20H2;5-12,17,23,36H,13-16H2,1-4H3/t32?,33-;/m0./s1. The van der Waals surface area contributed by atoms with Gasteiger partial charge in [0.25, 0.3) is 0 Å². The summed E-state index contributed by atoms with van der Waals surface area (Å²) in [7, 11) is -0.382. The van der Waals surface area contributed by atoms with Gasteiger partial charge >= 0.3 is 25.4 Å². The van der Waals surface area contributed by atoms with E-state index in [2.05, 4.69) is 85.0 Å². The average molecular weight is 1280 g/mol. The van der Waals surface area contributed by atoms with Crippen LogP contribution in [0.4, 0.5) is 66.7 Å². The van der Waals surface area contributed by atoms with Crippen LogP contribution in [0.25, 0.3) is 22.5 Å². The monoisotopic (exact) mass is 1280 g/mol. The molecular weight excluding hydrogens is 1220 g/mol. The van der Waals surface area contributed by atoms with Crippen LogP contribution in [0.5, 0.6) is 0 Å². The maximum Gasteiger partial charge on any atom is 0.494 e. The van der Waals surface area contributed by atoms with E-state index in [1.54, 1.807) is 24.3 Å². The SMILES string of the molecule is CC1(C)OB(c2ccc(N3CCN(c4ccc(-n5cc(C(O)C(F)(F)F)nn5)cc4)CC3)cc2)OC1(C)C.OC(c1cn(-c2ccc(N3CCN(c4ccc(-c5ccc(C(F)(F)[C@](O)(Cn6cnnn6)c6ccc(F)cc6F)nc5)cc4)CC3)cc2)nn1)C(F)(F)F. The van der Waals surface area contributed by atoms with E-state index in [4.69, 9.17) is 9.31 Å². The minimum Gasteiger partial charge on any atom is -0.399 e. The number of tetrazole rings is 1. The van der Waals surface area contributed by atoms with Crippen LogP contribution >= 0.6 is 0 Å². The molecule has 92 heavy (non-hydrogen) atoms. The minimum atomic E-state index is -4.85. The van der Waals surface area contributed by atoms with Gasteiger partial charge in [-0.3, -0.25) is 4.98 Å². The molecule has 3 aliphatic rings. The molecule has 0 spiro atoms. The van der Waals surface area contributed by atoms with E-state index >= 15 is 8.78 Å². The molecule has 7 heterocycles. The van der Waals surface area contributed by atoms with Crippen LogP contribution in [0.15, 0.2) is 152 Å². The Morgan fingerprint density at radius 2 is 0.946 bits per heavy atom. The highest BCUT2D eigenvalue weighted by atomic mass is 19.4. The predicted molar refractivity (Wildman–Crippen MR) is 317 cm³/mol. The summed E-state index contributed by atoms with van der Waals surface area (Å²) in [6.07, 6.45) is -10.7. The number of hydrogen-bond acceptors (Lipinski definition) is 17. The Labute approximate surface area is 520 Å². The Kier molecular flexibility index (Phi) is 17.7. The average Bonchev–Trinajstić information content (AvgIpc) is 0.799. The molecule has 3 aliphatic heterocycles. The third-order valence-electron chi connectivity index (χ3n) is 16.8. The second-order valence-corrected chi connectivity index (χ2v) is 23.3. The molecule has 0 aliphatic carbocycles. The number of aliphatic hydroxyl groups excluding tert-OH is 2. The quantitative estimate of drug-likeness (QED) is 0.0647. The number of hydrogen-bond donors (Lipinski definition) is 3. The third kappa shape index (κ3) is 13.5. The van der Waals surface area contributed by atoms with Gasteiger partial charge in [0.05, 0.1) is 41.5 Å². The number of anilines is 4. The van der Waals surface area contributed by atoms with Crippen molar-refractivity contribution in [3.8, 4) is 22.5 Å². The number of halogens is 10. The molecule has 3 N–H and O–H groups in total. The molecular formula is C61H60BF10N15O5. The van der Waals surface area contributed by atoms with Crippen LogP contribution in [-0.2, 0) is 27.4 Å². The molecule has 2 unspecified atom stereocenters. The first kappa shape index (κ1) is 64.5. The Morgan fingerprint density at radius 3 is 1.34 bits per heavy atom. The lowest BCUT2D eigenvalue weighted by Crippen LogP contribution is -2.48. The van der Waals surface area contributed by atoms with Crippen LogP contribution in [-0.4, -0.2) is 154 Å². The van der Waals surface area contributed by atoms with Crippen molar-refractivity contribution < 1.29 is 68.5 Å². The lowest BCUT2D eigenvalue weighted by Gasteiger charge is -2.37. The van der Waals surface area contributed by atoms with Crippen molar-refractivity contribution in [2.75, 3.05) is 72.0 Å². The maximum atomic E-state index is 16.1. The largest absolute Gasteiger partial charge is 0.494 e. The number of piperazine rings is 2. The molecule has 0 saturated carbocycles. The molecule has 3 atom stereocenters. The second-order valence-electron chi connectivity index (χ2n) is 23.3. The Bertz CT molecular complexity index is 3930. The van der Waals surface area contributed by atoms with Gasteiger partial charge in [-0.15, -0.1) is 15.3 Å². The Balaban J connectivity index is 0.000000200. The maximum absolute atomic E-state index is 16.1. The molecule has 5 aromatic carbocycles. The summed E-state index contributed by atoms with van der Waals surface area (Å²) < 4.78 is 153. The molecule has 3 fully saturated rings. The molecule has 0 bridgehead atoms. The summed E-state index contributed by atoms with van der Waals surface area (Å²) in [5, 5.41) is 54.8. The molecule has 20 nitrogen and oxygen atoms in total. The van der Waals surface area contributed by atoms with Gasteiger partial charge in [-0.2, -0.15) is 35.1 Å². The van der Waals surface area contributed by atoms with Crippen molar-refractivity contribution in [1.29, 1.82) is 0 Å². The fourth-order valence-electron chi connectivity index (χ4n) is 10.8. The first-order chi connectivity index (χ1) is 43.6. The number of aromatic nitrogens is 11. The van der Waals surface area contributed by atoms with Crippen molar-refractivity contribution >= 4 is 35.3 Å². The Morgan fingerprint density at radius 1 is 0.533 bits per heavy atom. The van der Waals surface area contributed by atoms with Gasteiger partial charge in [0.1, 0.15) is 35.0 Å². The number of benzene rings is 5. The van der Waals surface area contributed by atoms with Crippen molar-refractivity contribution in [3.63, 3.8) is 0 Å². The van der Waals surface area contributed by atoms with Gasteiger partial charge in [0, 0.05) is 98.5 Å². The molecule has 9 aromatic rings. The fraction of sp³-hybridized carbons (Fsp3) is 0.344. The smallest absolute Gasteiger partial charge is 0.399 e. The highest BCUT2D eigenvalue weighted by molar-refractivity contribution is 6.62. The topological polar surface area (TPSA) is 210 Å². The predicted octanol–water partition coefficient (Wildman–Crippen LogP) is 8.68. The van der Waals surface area contributed by atoms with Crippen LogP contribution in [0.2, 0.25) is 0 Å². The normalized spacial score (nSPS) is 17.5. The summed E-state index contributed by atoms with van der Waals surface area (Å²) in [4.78, 5) is 12.9. The molecule has 482 valence electrons. The van der Waals surface area contributed by atoms with Crippen molar-refractivity contribution in [3.05, 3.63) is 187 Å². The highest BCUT2D eigenvalue weighted by Crippen LogP contribution is 2.47. The van der Waals surface area contributed by atoms with Gasteiger partial charge in [0.15, 0.2) is 17.8 Å². The van der Waals surface area contributed by atoms with Gasteiger partial charge in [-0.25, -0.2) is 22.8 Å². The highest BCUT2D eigenvalue weighted by Gasteiger charge is 2.58. The first-order valence-corrected chi connectivity index (χ1v) is 28.9. The van der Waals surface area contributed by atoms with E-state index in [0.29, 0.717) is 54.7 Å². The molecule has 31 heteroatoms. The first-order valence-electron chi connectivity index (χ1n) is 28.9. The van der Waals surface area contributed by atoms with E-state index in [-0.39, 0.29) is 18.3 Å². The molecule has 12 rings (SSSR count). The van der Waals surface area contributed by atoms with Crippen LogP contribution in [0.1, 0.15) is 62.5 Å². The molecule has 4 aromatic heterocycles. The number of alkyl halides is 8. The zero-order chi connectivity index (χ0) is 65.5. The summed E-state index contributed by atoms with van der Waals surface area (Å²) >= 11 is 0. The zero-order valence-corrected chi connectivity index (χ0v) is 49.7.